The van der Waals surface area contributed by atoms with Gasteiger partial charge in [-0.25, -0.2) is 4.79 Å². The first kappa shape index (κ1) is 24.9. The van der Waals surface area contributed by atoms with Crippen LogP contribution < -0.4 is 16.3 Å². The first-order valence-corrected chi connectivity index (χ1v) is 12.1. The van der Waals surface area contributed by atoms with Crippen LogP contribution in [0.15, 0.2) is 39.8 Å². The topological polar surface area (TPSA) is 117 Å². The number of nitrogens with two attached hydrogens (primary N) is 1. The molecule has 2 aliphatic heterocycles. The van der Waals surface area contributed by atoms with Gasteiger partial charge in [0.05, 0.1) is 30.7 Å². The van der Waals surface area contributed by atoms with E-state index in [0.29, 0.717) is 44.2 Å². The van der Waals surface area contributed by atoms with Gasteiger partial charge in [-0.2, -0.15) is 4.98 Å². The van der Waals surface area contributed by atoms with E-state index in [9.17, 15) is 9.59 Å². The highest BCUT2D eigenvalue weighted by atomic mass is 35.5. The van der Waals surface area contributed by atoms with Crippen molar-refractivity contribution in [2.45, 2.75) is 38.9 Å². The zero-order chi connectivity index (χ0) is 25.1. The number of halogens is 1. The van der Waals surface area contributed by atoms with Gasteiger partial charge >= 0.3 is 5.69 Å². The standard InChI is InChI=1S/C25H31ClN6O3/c1-4-16-17(7-5-8-19(16)26)22-12-21-18(14-35-22)23(30-25(34)29-21)32-10-6-9-28-15(13-32)11-20(27)24(33)31(2)3/h5,7-8,11,22H,4,6,9-10,12-14,27H2,1-3H3,(H,29,30,34)/b20-11-. The Bertz CT molecular complexity index is 1240. The van der Waals surface area contributed by atoms with Crippen LogP contribution in [0, 0.1) is 0 Å². The molecule has 3 heterocycles. The average molecular weight is 499 g/mol. The van der Waals surface area contributed by atoms with Gasteiger partial charge in [-0.1, -0.05) is 30.7 Å². The molecule has 0 fully saturated rings. The number of hydrogen-bond acceptors (Lipinski definition) is 7. The van der Waals surface area contributed by atoms with E-state index in [1.807, 2.05) is 23.1 Å². The third-order valence-corrected chi connectivity index (χ3v) is 6.66. The molecule has 1 aromatic carbocycles. The van der Waals surface area contributed by atoms with Crippen LogP contribution in [0.25, 0.3) is 0 Å². The van der Waals surface area contributed by atoms with Gasteiger partial charge in [-0.05, 0) is 36.1 Å². The molecule has 1 atom stereocenters. The number of ether oxygens (including phenoxy) is 1. The lowest BCUT2D eigenvalue weighted by Gasteiger charge is -2.31. The molecule has 0 saturated carbocycles. The molecule has 1 amide bonds. The van der Waals surface area contributed by atoms with Gasteiger partial charge in [0.1, 0.15) is 5.82 Å². The Balaban J connectivity index is 1.63. The van der Waals surface area contributed by atoms with Crippen LogP contribution in [0.1, 0.15) is 41.8 Å². The number of fused-ring (bicyclic) bond motifs is 1. The Kier molecular flexibility index (Phi) is 7.57. The number of aromatic amines is 1. The highest BCUT2D eigenvalue weighted by Crippen LogP contribution is 2.36. The number of amides is 1. The monoisotopic (exact) mass is 498 g/mol. The van der Waals surface area contributed by atoms with Gasteiger partial charge < -0.3 is 25.3 Å². The molecule has 0 bridgehead atoms. The number of nitrogens with zero attached hydrogens (tertiary/aromatic N) is 4. The molecule has 0 spiro atoms. The molecule has 9 nitrogen and oxygen atoms in total. The highest BCUT2D eigenvalue weighted by molar-refractivity contribution is 6.31. The second-order valence-electron chi connectivity index (χ2n) is 8.94. The number of rotatable bonds is 5. The summed E-state index contributed by atoms with van der Waals surface area (Å²) in [7, 11) is 3.30. The van der Waals surface area contributed by atoms with Crippen molar-refractivity contribution in [3.63, 3.8) is 0 Å². The van der Waals surface area contributed by atoms with Crippen molar-refractivity contribution in [2.75, 3.05) is 38.6 Å². The number of anilines is 1. The van der Waals surface area contributed by atoms with Crippen LogP contribution in [0.4, 0.5) is 5.82 Å². The molecule has 35 heavy (non-hydrogen) atoms. The summed E-state index contributed by atoms with van der Waals surface area (Å²) in [4.78, 5) is 40.0. The molecule has 1 unspecified atom stereocenters. The van der Waals surface area contributed by atoms with Gasteiger partial charge in [0.15, 0.2) is 0 Å². The summed E-state index contributed by atoms with van der Waals surface area (Å²) in [5.74, 6) is 0.312. The largest absolute Gasteiger partial charge is 0.394 e. The van der Waals surface area contributed by atoms with Crippen molar-refractivity contribution in [1.82, 2.24) is 14.9 Å². The molecule has 10 heteroatoms. The molecule has 1 aromatic heterocycles. The van der Waals surface area contributed by atoms with Gasteiger partial charge in [-0.15, -0.1) is 0 Å². The van der Waals surface area contributed by atoms with E-state index in [1.54, 1.807) is 20.2 Å². The van der Waals surface area contributed by atoms with Crippen LogP contribution in [-0.2, 0) is 29.0 Å². The summed E-state index contributed by atoms with van der Waals surface area (Å²) in [6.45, 7) is 4.04. The Morgan fingerprint density at radius 3 is 2.94 bits per heavy atom. The predicted molar refractivity (Wildman–Crippen MR) is 137 cm³/mol. The molecular formula is C25H31ClN6O3. The summed E-state index contributed by atoms with van der Waals surface area (Å²) in [6, 6.07) is 5.84. The number of aliphatic imine (C=N–C) groups is 1. The molecule has 2 aliphatic rings. The summed E-state index contributed by atoms with van der Waals surface area (Å²) >= 11 is 6.42. The minimum absolute atomic E-state index is 0.121. The van der Waals surface area contributed by atoms with E-state index in [1.165, 1.54) is 4.90 Å². The Morgan fingerprint density at radius 1 is 1.40 bits per heavy atom. The van der Waals surface area contributed by atoms with E-state index >= 15 is 0 Å². The van der Waals surface area contributed by atoms with Gasteiger partial charge in [0, 0.05) is 49.9 Å². The summed E-state index contributed by atoms with van der Waals surface area (Å²) in [6.07, 6.45) is 3.50. The summed E-state index contributed by atoms with van der Waals surface area (Å²) in [5, 5.41) is 0.722. The van der Waals surface area contributed by atoms with E-state index in [-0.39, 0.29) is 17.7 Å². The third kappa shape index (κ3) is 5.41. The highest BCUT2D eigenvalue weighted by Gasteiger charge is 2.29. The number of hydrogen-bond donors (Lipinski definition) is 2. The van der Waals surface area contributed by atoms with E-state index < -0.39 is 5.69 Å². The van der Waals surface area contributed by atoms with Gasteiger partial charge in [0.25, 0.3) is 5.91 Å². The molecule has 4 rings (SSSR count). The lowest BCUT2D eigenvalue weighted by molar-refractivity contribution is -0.124. The van der Waals surface area contributed by atoms with E-state index in [4.69, 9.17) is 22.1 Å². The predicted octanol–water partition coefficient (Wildman–Crippen LogP) is 2.38. The fourth-order valence-corrected chi connectivity index (χ4v) is 4.89. The lowest BCUT2D eigenvalue weighted by Crippen LogP contribution is -2.35. The Morgan fingerprint density at radius 2 is 2.20 bits per heavy atom. The quantitative estimate of drug-likeness (QED) is 0.611. The fourth-order valence-electron chi connectivity index (χ4n) is 4.58. The number of likely N-dealkylation sites (N-methyl/N-ethyl adjacent to an activating group) is 1. The second-order valence-corrected chi connectivity index (χ2v) is 9.34. The zero-order valence-corrected chi connectivity index (χ0v) is 21.1. The Labute approximate surface area is 209 Å². The maximum Gasteiger partial charge on any atom is 0.347 e. The SMILES string of the molecule is CCc1c(Cl)cccc1C1Cc2[nH]c(=O)nc(N3CCCN=C(/C=C(\N)C(=O)N(C)C)C3)c2CO1. The molecule has 2 aromatic rings. The molecular weight excluding hydrogens is 468 g/mol. The number of carbonyl (C=O) groups is 1. The van der Waals surface area contributed by atoms with Crippen molar-refractivity contribution in [3.05, 3.63) is 67.9 Å². The molecule has 3 N–H and O–H groups in total. The normalized spacial score (nSPS) is 18.5. The van der Waals surface area contributed by atoms with Crippen molar-refractivity contribution in [2.24, 2.45) is 10.7 Å². The van der Waals surface area contributed by atoms with Gasteiger partial charge in [0.2, 0.25) is 0 Å². The van der Waals surface area contributed by atoms with Crippen LogP contribution in [0.2, 0.25) is 5.02 Å². The smallest absolute Gasteiger partial charge is 0.347 e. The molecule has 0 saturated heterocycles. The number of nitrogens with one attached hydrogen (secondary N) is 1. The number of benzene rings is 1. The number of carbonyl (C=O) groups excluding carboxylic acids is 1. The first-order valence-electron chi connectivity index (χ1n) is 11.8. The van der Waals surface area contributed by atoms with E-state index in [0.717, 1.165) is 40.2 Å². The van der Waals surface area contributed by atoms with Crippen molar-refractivity contribution in [3.8, 4) is 0 Å². The molecule has 0 aliphatic carbocycles. The zero-order valence-electron chi connectivity index (χ0n) is 20.3. The number of aromatic nitrogens is 2. The maximum atomic E-state index is 12.6. The molecule has 186 valence electrons. The van der Waals surface area contributed by atoms with E-state index in [2.05, 4.69) is 21.9 Å². The summed E-state index contributed by atoms with van der Waals surface area (Å²) in [5.41, 5.74) is 10.2. The third-order valence-electron chi connectivity index (χ3n) is 6.30. The average Bonchev–Trinajstić information content (AvgIpc) is 3.07. The van der Waals surface area contributed by atoms with Crippen LogP contribution in [-0.4, -0.2) is 60.2 Å². The van der Waals surface area contributed by atoms with Gasteiger partial charge in [-0.3, -0.25) is 9.79 Å². The van der Waals surface area contributed by atoms with Crippen LogP contribution in [0.5, 0.6) is 0 Å². The Hall–Kier alpha value is -3.17. The van der Waals surface area contributed by atoms with Crippen molar-refractivity contribution < 1.29 is 9.53 Å². The second kappa shape index (κ2) is 10.6. The summed E-state index contributed by atoms with van der Waals surface area (Å²) < 4.78 is 6.28. The fraction of sp³-hybridized carbons (Fsp3) is 0.440. The molecule has 0 radical (unpaired) electrons. The first-order chi connectivity index (χ1) is 16.8. The lowest BCUT2D eigenvalue weighted by atomic mass is 9.94. The number of H-pyrrole nitrogens is 1. The van der Waals surface area contributed by atoms with Crippen molar-refractivity contribution in [1.29, 1.82) is 0 Å². The minimum atomic E-state index is -0.401. The van der Waals surface area contributed by atoms with Crippen LogP contribution in [0.3, 0.4) is 0 Å². The van der Waals surface area contributed by atoms with Crippen molar-refractivity contribution >= 4 is 29.0 Å². The maximum absolute atomic E-state index is 12.6. The van der Waals surface area contributed by atoms with Crippen LogP contribution >= 0.6 is 11.6 Å². The minimum Gasteiger partial charge on any atom is -0.394 e.